The summed E-state index contributed by atoms with van der Waals surface area (Å²) in [7, 11) is 0. The molecule has 25 heavy (non-hydrogen) atoms. The molecule has 0 unspecified atom stereocenters. The number of aryl methyl sites for hydroxylation is 1. The Morgan fingerprint density at radius 2 is 2.00 bits per heavy atom. The Bertz CT molecular complexity index is 707. The molecule has 6 heteroatoms. The fraction of sp³-hybridized carbons (Fsp3) is 0.474. The lowest BCUT2D eigenvalue weighted by Crippen LogP contribution is -2.44. The van der Waals surface area contributed by atoms with Crippen LogP contribution in [-0.2, 0) is 0 Å². The maximum absolute atomic E-state index is 12.3. The zero-order valence-corrected chi connectivity index (χ0v) is 16.6. The van der Waals surface area contributed by atoms with Gasteiger partial charge in [0.15, 0.2) is 0 Å². The van der Waals surface area contributed by atoms with Crippen molar-refractivity contribution in [3.63, 3.8) is 0 Å². The summed E-state index contributed by atoms with van der Waals surface area (Å²) in [6.07, 6.45) is 3.79. The van der Waals surface area contributed by atoms with Crippen LogP contribution in [0.5, 0.6) is 0 Å². The van der Waals surface area contributed by atoms with E-state index in [0.717, 1.165) is 30.9 Å². The van der Waals surface area contributed by atoms with Crippen LogP contribution in [0.4, 0.5) is 9.80 Å². The molecule has 1 saturated heterocycles. The zero-order valence-electron chi connectivity index (χ0n) is 15.0. The van der Waals surface area contributed by atoms with Crippen molar-refractivity contribution >= 4 is 34.3 Å². The van der Waals surface area contributed by atoms with Crippen LogP contribution in [0, 0.1) is 12.8 Å². The van der Waals surface area contributed by atoms with Crippen LogP contribution < -0.4 is 5.32 Å². The second-order valence-corrected chi connectivity index (χ2v) is 9.57. The molecule has 2 heterocycles. The van der Waals surface area contributed by atoms with Crippen LogP contribution in [-0.4, -0.2) is 33.1 Å². The minimum absolute atomic E-state index is 0.00735. The number of hydrogen-bond donors (Lipinski definition) is 1. The van der Waals surface area contributed by atoms with Gasteiger partial charge in [0.2, 0.25) is 0 Å². The summed E-state index contributed by atoms with van der Waals surface area (Å²) >= 11 is 3.28. The lowest BCUT2D eigenvalue weighted by Gasteiger charge is -2.40. The number of rotatable bonds is 4. The third kappa shape index (κ3) is 4.55. The fourth-order valence-corrected chi connectivity index (χ4v) is 5.11. The smallest absolute Gasteiger partial charge is 0.322 e. The van der Waals surface area contributed by atoms with E-state index in [9.17, 15) is 4.79 Å². The average Bonchev–Trinajstić information content (AvgIpc) is 3.10. The van der Waals surface area contributed by atoms with Crippen LogP contribution in [0.1, 0.15) is 32.3 Å². The van der Waals surface area contributed by atoms with Gasteiger partial charge in [-0.2, -0.15) is 4.37 Å². The first-order chi connectivity index (χ1) is 12.0. The summed E-state index contributed by atoms with van der Waals surface area (Å²) < 4.78 is 4.18. The van der Waals surface area contributed by atoms with Gasteiger partial charge in [0.05, 0.1) is 0 Å². The van der Waals surface area contributed by atoms with E-state index in [2.05, 4.69) is 54.7 Å². The highest BCUT2D eigenvalue weighted by Gasteiger charge is 2.34. The minimum Gasteiger partial charge on any atom is -0.324 e. The quantitative estimate of drug-likeness (QED) is 0.741. The van der Waals surface area contributed by atoms with E-state index < -0.39 is 0 Å². The van der Waals surface area contributed by atoms with Crippen molar-refractivity contribution in [3.05, 3.63) is 42.1 Å². The number of urea groups is 1. The molecule has 0 bridgehead atoms. The van der Waals surface area contributed by atoms with E-state index in [-0.39, 0.29) is 10.8 Å². The van der Waals surface area contributed by atoms with Gasteiger partial charge in [-0.15, -0.1) is 11.8 Å². The maximum atomic E-state index is 12.3. The normalized spacial score (nSPS) is 16.0. The Kier molecular flexibility index (Phi) is 5.69. The first-order valence-electron chi connectivity index (χ1n) is 8.67. The predicted octanol–water partition coefficient (Wildman–Crippen LogP) is 5.27. The fourth-order valence-electron chi connectivity index (χ4n) is 3.28. The van der Waals surface area contributed by atoms with Crippen molar-refractivity contribution in [3.8, 4) is 0 Å². The van der Waals surface area contributed by atoms with Crippen molar-refractivity contribution in [2.75, 3.05) is 18.4 Å². The molecular weight excluding hydrogens is 350 g/mol. The molecule has 3 rings (SSSR count). The molecule has 1 aliphatic heterocycles. The van der Waals surface area contributed by atoms with Crippen LogP contribution in [0.3, 0.4) is 0 Å². The largest absolute Gasteiger partial charge is 0.324 e. The van der Waals surface area contributed by atoms with E-state index in [0.29, 0.717) is 5.92 Å². The molecule has 134 valence electrons. The molecule has 4 nitrogen and oxygen atoms in total. The number of carbonyl (C=O) groups excluding carboxylic acids is 1. The van der Waals surface area contributed by atoms with E-state index >= 15 is 0 Å². The van der Waals surface area contributed by atoms with Crippen LogP contribution in [0.25, 0.3) is 0 Å². The highest BCUT2D eigenvalue weighted by molar-refractivity contribution is 8.00. The van der Waals surface area contributed by atoms with E-state index in [4.69, 9.17) is 0 Å². The number of amides is 2. The van der Waals surface area contributed by atoms with Crippen molar-refractivity contribution in [1.29, 1.82) is 0 Å². The molecule has 0 radical (unpaired) electrons. The summed E-state index contributed by atoms with van der Waals surface area (Å²) in [5.74, 6) is 0.601. The van der Waals surface area contributed by atoms with Crippen LogP contribution in [0.2, 0.25) is 0 Å². The molecule has 1 fully saturated rings. The minimum atomic E-state index is -0.00735. The Balaban J connectivity index is 1.55. The topological polar surface area (TPSA) is 45.2 Å². The summed E-state index contributed by atoms with van der Waals surface area (Å²) in [5, 5.41) is 3.74. The van der Waals surface area contributed by atoms with Gasteiger partial charge < -0.3 is 4.90 Å². The van der Waals surface area contributed by atoms with E-state index in [1.165, 1.54) is 22.0 Å². The van der Waals surface area contributed by atoms with Crippen LogP contribution in [0.15, 0.2) is 41.4 Å². The van der Waals surface area contributed by atoms with Crippen molar-refractivity contribution in [2.24, 2.45) is 5.92 Å². The van der Waals surface area contributed by atoms with E-state index in [1.54, 1.807) is 6.20 Å². The van der Waals surface area contributed by atoms with Gasteiger partial charge in [-0.05, 0) is 54.9 Å². The Labute approximate surface area is 158 Å². The van der Waals surface area contributed by atoms with Gasteiger partial charge in [-0.1, -0.05) is 32.0 Å². The zero-order chi connectivity index (χ0) is 17.9. The first-order valence-corrected chi connectivity index (χ1v) is 10.3. The van der Waals surface area contributed by atoms with E-state index in [1.807, 2.05) is 22.7 Å². The molecule has 0 spiro atoms. The predicted molar refractivity (Wildman–Crippen MR) is 107 cm³/mol. The van der Waals surface area contributed by atoms with Gasteiger partial charge in [0.25, 0.3) is 0 Å². The molecule has 2 amide bonds. The highest BCUT2D eigenvalue weighted by Crippen LogP contribution is 2.43. The third-order valence-corrected chi connectivity index (χ3v) is 7.10. The number of likely N-dealkylation sites (tertiary alicyclic amines) is 1. The number of piperidine rings is 1. The van der Waals surface area contributed by atoms with Gasteiger partial charge in [-0.3, -0.25) is 5.32 Å². The summed E-state index contributed by atoms with van der Waals surface area (Å²) in [4.78, 5) is 15.6. The number of carbonyl (C=O) groups is 1. The Hall–Kier alpha value is -1.53. The van der Waals surface area contributed by atoms with Crippen molar-refractivity contribution in [1.82, 2.24) is 9.27 Å². The number of nitrogens with zero attached hydrogens (tertiary/aromatic N) is 2. The molecular formula is C19H25N3OS2. The average molecular weight is 376 g/mol. The molecule has 1 aromatic carbocycles. The first kappa shape index (κ1) is 18.3. The summed E-state index contributed by atoms with van der Waals surface area (Å²) in [6.45, 7) is 8.47. The molecule has 1 N–H and O–H groups in total. The SMILES string of the molecule is Cc1ccccc1SC(C)(C)C1CCN(C(=O)Nc2ccns2)CC1. The third-order valence-electron chi connectivity index (χ3n) is 4.90. The van der Waals surface area contributed by atoms with Crippen molar-refractivity contribution in [2.45, 2.75) is 43.3 Å². The standard InChI is InChI=1S/C19H25N3OS2/c1-14-6-4-5-7-16(14)24-19(2,3)15-9-12-22(13-10-15)18(23)21-17-8-11-20-25-17/h4-8,11,15H,9-10,12-13H2,1-3H3,(H,21,23). The lowest BCUT2D eigenvalue weighted by molar-refractivity contribution is 0.173. The molecule has 2 aromatic rings. The Morgan fingerprint density at radius 1 is 1.28 bits per heavy atom. The van der Waals surface area contributed by atoms with Crippen molar-refractivity contribution < 1.29 is 4.79 Å². The second kappa shape index (κ2) is 7.79. The molecule has 1 aromatic heterocycles. The van der Waals surface area contributed by atoms with Gasteiger partial charge >= 0.3 is 6.03 Å². The molecule has 0 aliphatic carbocycles. The number of benzene rings is 1. The number of aromatic nitrogens is 1. The lowest BCUT2D eigenvalue weighted by atomic mass is 9.86. The Morgan fingerprint density at radius 3 is 2.64 bits per heavy atom. The van der Waals surface area contributed by atoms with Gasteiger partial charge in [-0.25, -0.2) is 4.79 Å². The molecule has 0 saturated carbocycles. The number of nitrogens with one attached hydrogen (secondary N) is 1. The second-order valence-electron chi connectivity index (χ2n) is 7.04. The summed E-state index contributed by atoms with van der Waals surface area (Å²) in [6, 6.07) is 10.4. The monoisotopic (exact) mass is 375 g/mol. The molecule has 1 aliphatic rings. The number of anilines is 1. The van der Waals surface area contributed by atoms with Gasteiger partial charge in [0, 0.05) is 28.9 Å². The van der Waals surface area contributed by atoms with Crippen LogP contribution >= 0.6 is 23.3 Å². The summed E-state index contributed by atoms with van der Waals surface area (Å²) in [5.41, 5.74) is 1.34. The molecule has 0 atom stereocenters. The number of thioether (sulfide) groups is 1. The maximum Gasteiger partial charge on any atom is 0.322 e. The highest BCUT2D eigenvalue weighted by atomic mass is 32.2. The van der Waals surface area contributed by atoms with Gasteiger partial charge in [0.1, 0.15) is 5.00 Å². The number of hydrogen-bond acceptors (Lipinski definition) is 4.